The van der Waals surface area contributed by atoms with Crippen LogP contribution in [0.25, 0.3) is 0 Å². The average Bonchev–Trinajstić information content (AvgIpc) is 2.04. The largest absolute Gasteiger partial charge is 0.393 e. The molecule has 1 aliphatic carbocycles. The normalized spacial score (nSPS) is 48.5. The van der Waals surface area contributed by atoms with Gasteiger partial charge in [-0.2, -0.15) is 0 Å². The van der Waals surface area contributed by atoms with Gasteiger partial charge in [0.05, 0.1) is 6.10 Å². The fourth-order valence-electron chi connectivity index (χ4n) is 2.73. The van der Waals surface area contributed by atoms with Crippen LogP contribution in [0.15, 0.2) is 0 Å². The smallest absolute Gasteiger partial charge is 0.0583 e. The molecule has 0 spiro atoms. The Morgan fingerprint density at radius 2 is 2.00 bits per heavy atom. The number of piperidine rings is 1. The van der Waals surface area contributed by atoms with E-state index in [1.807, 2.05) is 0 Å². The zero-order chi connectivity index (χ0) is 8.55. The molecule has 0 aromatic heterocycles. The topological polar surface area (TPSA) is 32.3 Å². The quantitative estimate of drug-likeness (QED) is 0.572. The molecule has 2 aliphatic rings. The summed E-state index contributed by atoms with van der Waals surface area (Å²) in [5.74, 6) is 0.551. The summed E-state index contributed by atoms with van der Waals surface area (Å²) in [5, 5.41) is 13.3. The molecule has 0 aromatic carbocycles. The third-order valence-electron chi connectivity index (χ3n) is 3.46. The molecule has 1 heterocycles. The summed E-state index contributed by atoms with van der Waals surface area (Å²) in [4.78, 5) is 0. The zero-order valence-corrected chi connectivity index (χ0v) is 7.79. The van der Waals surface area contributed by atoms with Gasteiger partial charge in [0.15, 0.2) is 0 Å². The minimum Gasteiger partial charge on any atom is -0.393 e. The molecule has 1 aliphatic heterocycles. The number of rotatable bonds is 0. The van der Waals surface area contributed by atoms with Crippen molar-refractivity contribution in [3.63, 3.8) is 0 Å². The van der Waals surface area contributed by atoms with Crippen LogP contribution in [0, 0.1) is 5.92 Å². The first-order chi connectivity index (χ1) is 5.77. The van der Waals surface area contributed by atoms with Crippen LogP contribution in [-0.4, -0.2) is 23.3 Å². The van der Waals surface area contributed by atoms with Gasteiger partial charge in [-0.1, -0.05) is 0 Å². The van der Waals surface area contributed by atoms with Crippen molar-refractivity contribution in [2.45, 2.75) is 57.2 Å². The second kappa shape index (κ2) is 3.35. The van der Waals surface area contributed by atoms with Crippen molar-refractivity contribution in [3.8, 4) is 0 Å². The van der Waals surface area contributed by atoms with Gasteiger partial charge in [-0.3, -0.25) is 0 Å². The molecular formula is C10H19NO. The fraction of sp³-hybridized carbons (Fsp3) is 1.00. The lowest BCUT2D eigenvalue weighted by molar-refractivity contribution is 0.0229. The van der Waals surface area contributed by atoms with E-state index in [0.717, 1.165) is 6.42 Å². The Kier molecular flexibility index (Phi) is 2.37. The van der Waals surface area contributed by atoms with Crippen LogP contribution in [0.4, 0.5) is 0 Å². The molecule has 0 unspecified atom stereocenters. The highest BCUT2D eigenvalue weighted by atomic mass is 16.3. The summed E-state index contributed by atoms with van der Waals surface area (Å²) in [6.07, 6.45) is 5.92. The van der Waals surface area contributed by atoms with Gasteiger partial charge >= 0.3 is 0 Å². The second-order valence-corrected chi connectivity index (χ2v) is 4.41. The van der Waals surface area contributed by atoms with E-state index in [2.05, 4.69) is 12.2 Å². The van der Waals surface area contributed by atoms with Crippen LogP contribution >= 0.6 is 0 Å². The first-order valence-corrected chi connectivity index (χ1v) is 5.21. The number of hydrogen-bond acceptors (Lipinski definition) is 2. The standard InChI is InChI=1S/C10H19NO/c1-7-5-6-8-9(11-7)3-2-4-10(8)12/h7-12H,2-6H2,1H3/t7-,8+,9+,10-/m0/s1. The summed E-state index contributed by atoms with van der Waals surface area (Å²) >= 11 is 0. The maximum Gasteiger partial charge on any atom is 0.0583 e. The minimum atomic E-state index is -0.0243. The maximum atomic E-state index is 9.75. The molecule has 0 aromatic rings. The van der Waals surface area contributed by atoms with E-state index < -0.39 is 0 Å². The fourth-order valence-corrected chi connectivity index (χ4v) is 2.73. The predicted octanol–water partition coefficient (Wildman–Crippen LogP) is 1.29. The highest BCUT2D eigenvalue weighted by Gasteiger charge is 2.35. The van der Waals surface area contributed by atoms with E-state index >= 15 is 0 Å². The molecule has 2 fully saturated rings. The Balaban J connectivity index is 1.99. The molecule has 0 amide bonds. The highest BCUT2D eigenvalue weighted by Crippen LogP contribution is 2.32. The molecular weight excluding hydrogens is 150 g/mol. The lowest BCUT2D eigenvalue weighted by atomic mass is 9.76. The van der Waals surface area contributed by atoms with Gasteiger partial charge in [0.1, 0.15) is 0 Å². The summed E-state index contributed by atoms with van der Waals surface area (Å²) in [6.45, 7) is 2.25. The van der Waals surface area contributed by atoms with E-state index in [9.17, 15) is 5.11 Å². The van der Waals surface area contributed by atoms with Crippen molar-refractivity contribution in [1.82, 2.24) is 5.32 Å². The molecule has 2 heteroatoms. The SMILES string of the molecule is C[C@H]1CC[C@H]2[C@@H](O)CCC[C@H]2N1. The van der Waals surface area contributed by atoms with Crippen LogP contribution < -0.4 is 5.32 Å². The number of hydrogen-bond donors (Lipinski definition) is 2. The van der Waals surface area contributed by atoms with Gasteiger partial charge in [0.25, 0.3) is 0 Å². The van der Waals surface area contributed by atoms with Gasteiger partial charge < -0.3 is 10.4 Å². The molecule has 70 valence electrons. The molecule has 2 N–H and O–H groups in total. The molecule has 2 rings (SSSR count). The van der Waals surface area contributed by atoms with Crippen LogP contribution in [-0.2, 0) is 0 Å². The van der Waals surface area contributed by atoms with Gasteiger partial charge in [-0.05, 0) is 39.0 Å². The average molecular weight is 169 g/mol. The van der Waals surface area contributed by atoms with E-state index in [1.165, 1.54) is 25.7 Å². The van der Waals surface area contributed by atoms with Crippen molar-refractivity contribution in [3.05, 3.63) is 0 Å². The van der Waals surface area contributed by atoms with E-state index in [0.29, 0.717) is 18.0 Å². The highest BCUT2D eigenvalue weighted by molar-refractivity contribution is 4.91. The van der Waals surface area contributed by atoms with Gasteiger partial charge in [-0.15, -0.1) is 0 Å². The maximum absolute atomic E-state index is 9.75. The Morgan fingerprint density at radius 1 is 1.17 bits per heavy atom. The minimum absolute atomic E-state index is 0.0243. The van der Waals surface area contributed by atoms with Crippen molar-refractivity contribution >= 4 is 0 Å². The van der Waals surface area contributed by atoms with Crippen LogP contribution in [0.5, 0.6) is 0 Å². The lowest BCUT2D eigenvalue weighted by Gasteiger charge is -2.42. The third-order valence-corrected chi connectivity index (χ3v) is 3.46. The van der Waals surface area contributed by atoms with Crippen LogP contribution in [0.3, 0.4) is 0 Å². The van der Waals surface area contributed by atoms with Crippen molar-refractivity contribution in [2.24, 2.45) is 5.92 Å². The first kappa shape index (κ1) is 8.52. The van der Waals surface area contributed by atoms with Crippen LogP contribution in [0.1, 0.15) is 39.0 Å². The summed E-state index contributed by atoms with van der Waals surface area (Å²) < 4.78 is 0. The Hall–Kier alpha value is -0.0800. The summed E-state index contributed by atoms with van der Waals surface area (Å²) in [5.41, 5.74) is 0. The number of aliphatic hydroxyl groups is 1. The molecule has 1 saturated carbocycles. The number of aliphatic hydroxyl groups excluding tert-OH is 1. The van der Waals surface area contributed by atoms with Gasteiger partial charge in [-0.25, -0.2) is 0 Å². The van der Waals surface area contributed by atoms with Gasteiger partial charge in [0.2, 0.25) is 0 Å². The molecule has 2 nitrogen and oxygen atoms in total. The van der Waals surface area contributed by atoms with Crippen molar-refractivity contribution < 1.29 is 5.11 Å². The Bertz CT molecular complexity index is 160. The van der Waals surface area contributed by atoms with E-state index in [-0.39, 0.29) is 6.10 Å². The molecule has 1 saturated heterocycles. The predicted molar refractivity (Wildman–Crippen MR) is 49.0 cm³/mol. The Labute approximate surface area is 74.4 Å². The van der Waals surface area contributed by atoms with Crippen molar-refractivity contribution in [1.29, 1.82) is 0 Å². The molecule has 4 atom stereocenters. The van der Waals surface area contributed by atoms with Crippen molar-refractivity contribution in [2.75, 3.05) is 0 Å². The lowest BCUT2D eigenvalue weighted by Crippen LogP contribution is -2.52. The summed E-state index contributed by atoms with van der Waals surface area (Å²) in [6, 6.07) is 1.27. The Morgan fingerprint density at radius 3 is 2.83 bits per heavy atom. The van der Waals surface area contributed by atoms with E-state index in [4.69, 9.17) is 0 Å². The zero-order valence-electron chi connectivity index (χ0n) is 7.79. The molecule has 0 bridgehead atoms. The first-order valence-electron chi connectivity index (χ1n) is 5.21. The number of nitrogens with one attached hydrogen (secondary N) is 1. The molecule has 0 radical (unpaired) electrons. The summed E-state index contributed by atoms with van der Waals surface area (Å²) in [7, 11) is 0. The second-order valence-electron chi connectivity index (χ2n) is 4.41. The van der Waals surface area contributed by atoms with E-state index in [1.54, 1.807) is 0 Å². The third kappa shape index (κ3) is 1.50. The van der Waals surface area contributed by atoms with Crippen LogP contribution in [0.2, 0.25) is 0 Å². The van der Waals surface area contributed by atoms with Gasteiger partial charge in [0, 0.05) is 18.0 Å². The monoisotopic (exact) mass is 169 g/mol. The number of fused-ring (bicyclic) bond motifs is 1. The molecule has 12 heavy (non-hydrogen) atoms.